The van der Waals surface area contributed by atoms with Gasteiger partial charge in [0.1, 0.15) is 5.82 Å². The van der Waals surface area contributed by atoms with E-state index in [4.69, 9.17) is 0 Å². The minimum atomic E-state index is -0.761. The topological polar surface area (TPSA) is 38.0 Å². The van der Waals surface area contributed by atoms with Gasteiger partial charge in [0.25, 0.3) is 0 Å². The molecule has 3 nitrogen and oxygen atoms in total. The van der Waals surface area contributed by atoms with E-state index in [1.165, 1.54) is 6.07 Å². The predicted molar refractivity (Wildman–Crippen MR) is 76.4 cm³/mol. The number of halogens is 1. The van der Waals surface area contributed by atoms with E-state index in [2.05, 4.69) is 5.10 Å². The normalized spacial score (nSPS) is 12.8. The molecule has 0 fully saturated rings. The number of nitrogens with zero attached hydrogens (tertiary/aromatic N) is 2. The van der Waals surface area contributed by atoms with Gasteiger partial charge in [0.05, 0.1) is 23.5 Å². The second-order valence-electron chi connectivity index (χ2n) is 4.95. The van der Waals surface area contributed by atoms with Gasteiger partial charge in [0.15, 0.2) is 0 Å². The molecule has 20 heavy (non-hydrogen) atoms. The van der Waals surface area contributed by atoms with Gasteiger partial charge in [-0.1, -0.05) is 18.2 Å². The highest BCUT2D eigenvalue weighted by atomic mass is 19.1. The lowest BCUT2D eigenvalue weighted by atomic mass is 10.0. The number of para-hydroxylation sites is 1. The number of fused-ring (bicyclic) bond motifs is 1. The van der Waals surface area contributed by atoms with Crippen molar-refractivity contribution in [3.05, 3.63) is 59.5 Å². The van der Waals surface area contributed by atoms with Crippen molar-refractivity contribution in [3.8, 4) is 5.69 Å². The lowest BCUT2D eigenvalue weighted by Gasteiger charge is -2.14. The monoisotopic (exact) mass is 270 g/mol. The summed E-state index contributed by atoms with van der Waals surface area (Å²) in [6, 6.07) is 10.9. The molecule has 3 aromatic rings. The standard InChI is InChI=1S/C16H15FN2O/c1-10-7-16(13(11(2)20)8-14(10)17)19-15-6-4-3-5-12(15)9-18-19/h3-9,11,20H,1-2H3/t11-/m0/s1. The Kier molecular flexibility index (Phi) is 3.03. The third-order valence-electron chi connectivity index (χ3n) is 3.46. The first-order chi connectivity index (χ1) is 9.58. The van der Waals surface area contributed by atoms with E-state index in [9.17, 15) is 9.50 Å². The lowest BCUT2D eigenvalue weighted by Crippen LogP contribution is -2.06. The molecule has 0 unspecified atom stereocenters. The Morgan fingerprint density at radius 3 is 2.75 bits per heavy atom. The Hall–Kier alpha value is -2.20. The second kappa shape index (κ2) is 4.72. The number of hydrogen-bond donors (Lipinski definition) is 1. The SMILES string of the molecule is Cc1cc(-n2ncc3ccccc32)c([C@H](C)O)cc1F. The van der Waals surface area contributed by atoms with Gasteiger partial charge in [-0.3, -0.25) is 0 Å². The summed E-state index contributed by atoms with van der Waals surface area (Å²) in [6.45, 7) is 3.33. The number of benzene rings is 2. The summed E-state index contributed by atoms with van der Waals surface area (Å²) >= 11 is 0. The minimum absolute atomic E-state index is 0.318. The van der Waals surface area contributed by atoms with Crippen LogP contribution in [-0.2, 0) is 0 Å². The van der Waals surface area contributed by atoms with Crippen molar-refractivity contribution in [1.82, 2.24) is 9.78 Å². The number of aliphatic hydroxyl groups excluding tert-OH is 1. The zero-order valence-corrected chi connectivity index (χ0v) is 11.3. The molecule has 102 valence electrons. The molecule has 0 spiro atoms. The van der Waals surface area contributed by atoms with E-state index in [-0.39, 0.29) is 5.82 Å². The van der Waals surface area contributed by atoms with Crippen molar-refractivity contribution < 1.29 is 9.50 Å². The molecule has 0 aliphatic rings. The summed E-state index contributed by atoms with van der Waals surface area (Å²) in [5.41, 5.74) is 2.70. The predicted octanol–water partition coefficient (Wildman–Crippen LogP) is 3.53. The van der Waals surface area contributed by atoms with Crippen molar-refractivity contribution >= 4 is 10.9 Å². The molecule has 1 atom stereocenters. The molecule has 4 heteroatoms. The summed E-state index contributed by atoms with van der Waals surface area (Å²) in [4.78, 5) is 0. The average Bonchev–Trinajstić information content (AvgIpc) is 2.85. The number of hydrogen-bond acceptors (Lipinski definition) is 2. The zero-order valence-electron chi connectivity index (χ0n) is 11.3. The third-order valence-corrected chi connectivity index (χ3v) is 3.46. The number of aliphatic hydroxyl groups is 1. The summed E-state index contributed by atoms with van der Waals surface area (Å²) in [7, 11) is 0. The first-order valence-electron chi connectivity index (χ1n) is 6.49. The van der Waals surface area contributed by atoms with E-state index in [0.29, 0.717) is 16.8 Å². The van der Waals surface area contributed by atoms with Crippen LogP contribution in [0.4, 0.5) is 4.39 Å². The van der Waals surface area contributed by atoms with Crippen LogP contribution < -0.4 is 0 Å². The molecular formula is C16H15FN2O. The summed E-state index contributed by atoms with van der Waals surface area (Å²) in [5.74, 6) is -0.318. The Balaban J connectivity index is 2.31. The minimum Gasteiger partial charge on any atom is -0.389 e. The van der Waals surface area contributed by atoms with Crippen molar-refractivity contribution in [1.29, 1.82) is 0 Å². The smallest absolute Gasteiger partial charge is 0.126 e. The molecule has 0 radical (unpaired) electrons. The van der Waals surface area contributed by atoms with E-state index >= 15 is 0 Å². The molecule has 0 saturated carbocycles. The quantitative estimate of drug-likeness (QED) is 0.773. The summed E-state index contributed by atoms with van der Waals surface area (Å²) in [5, 5.41) is 15.3. The molecule has 0 saturated heterocycles. The van der Waals surface area contributed by atoms with E-state index in [0.717, 1.165) is 10.9 Å². The van der Waals surface area contributed by atoms with E-state index in [1.54, 1.807) is 30.8 Å². The highest BCUT2D eigenvalue weighted by Crippen LogP contribution is 2.27. The molecule has 1 aromatic heterocycles. The molecule has 0 aliphatic carbocycles. The van der Waals surface area contributed by atoms with Gasteiger partial charge in [-0.05, 0) is 37.6 Å². The van der Waals surface area contributed by atoms with Crippen LogP contribution in [-0.4, -0.2) is 14.9 Å². The maximum absolute atomic E-state index is 13.7. The molecular weight excluding hydrogens is 255 g/mol. The highest BCUT2D eigenvalue weighted by molar-refractivity contribution is 5.80. The van der Waals surface area contributed by atoms with Gasteiger partial charge < -0.3 is 5.11 Å². The molecule has 1 heterocycles. The Bertz CT molecular complexity index is 777. The van der Waals surface area contributed by atoms with Crippen molar-refractivity contribution in [2.45, 2.75) is 20.0 Å². The number of aromatic nitrogens is 2. The van der Waals surface area contributed by atoms with Gasteiger partial charge in [0.2, 0.25) is 0 Å². The third kappa shape index (κ3) is 1.98. The van der Waals surface area contributed by atoms with Crippen LogP contribution in [0.15, 0.2) is 42.6 Å². The Morgan fingerprint density at radius 2 is 2.00 bits per heavy atom. The number of rotatable bonds is 2. The van der Waals surface area contributed by atoms with Crippen LogP contribution in [0.3, 0.4) is 0 Å². The fourth-order valence-corrected chi connectivity index (χ4v) is 2.36. The number of aryl methyl sites for hydroxylation is 1. The molecule has 0 amide bonds. The first kappa shape index (κ1) is 12.8. The van der Waals surface area contributed by atoms with Gasteiger partial charge in [-0.2, -0.15) is 5.10 Å². The highest BCUT2D eigenvalue weighted by Gasteiger charge is 2.15. The van der Waals surface area contributed by atoms with Crippen LogP contribution >= 0.6 is 0 Å². The summed E-state index contributed by atoms with van der Waals surface area (Å²) in [6.07, 6.45) is 1.00. The lowest BCUT2D eigenvalue weighted by molar-refractivity contribution is 0.198. The van der Waals surface area contributed by atoms with Crippen LogP contribution in [0.1, 0.15) is 24.2 Å². The summed E-state index contributed by atoms with van der Waals surface area (Å²) < 4.78 is 15.5. The molecule has 0 bridgehead atoms. The average molecular weight is 270 g/mol. The maximum atomic E-state index is 13.7. The second-order valence-corrected chi connectivity index (χ2v) is 4.95. The van der Waals surface area contributed by atoms with Crippen LogP contribution in [0.2, 0.25) is 0 Å². The van der Waals surface area contributed by atoms with Crippen molar-refractivity contribution in [2.75, 3.05) is 0 Å². The van der Waals surface area contributed by atoms with E-state index in [1.807, 2.05) is 24.3 Å². The maximum Gasteiger partial charge on any atom is 0.126 e. The largest absolute Gasteiger partial charge is 0.389 e. The Morgan fingerprint density at radius 1 is 1.25 bits per heavy atom. The van der Waals surface area contributed by atoms with Gasteiger partial charge in [-0.15, -0.1) is 0 Å². The zero-order chi connectivity index (χ0) is 14.3. The van der Waals surface area contributed by atoms with E-state index < -0.39 is 6.10 Å². The van der Waals surface area contributed by atoms with Crippen molar-refractivity contribution in [2.24, 2.45) is 0 Å². The van der Waals surface area contributed by atoms with Crippen LogP contribution in [0, 0.1) is 12.7 Å². The van der Waals surface area contributed by atoms with Gasteiger partial charge in [-0.25, -0.2) is 9.07 Å². The molecule has 0 aliphatic heterocycles. The van der Waals surface area contributed by atoms with Gasteiger partial charge >= 0.3 is 0 Å². The van der Waals surface area contributed by atoms with Crippen molar-refractivity contribution in [3.63, 3.8) is 0 Å². The molecule has 3 rings (SSSR count). The van der Waals surface area contributed by atoms with Gasteiger partial charge in [0, 0.05) is 10.9 Å². The molecule has 1 N–H and O–H groups in total. The fraction of sp³-hybridized carbons (Fsp3) is 0.188. The Labute approximate surface area is 116 Å². The molecule has 2 aromatic carbocycles. The van der Waals surface area contributed by atoms with Crippen LogP contribution in [0.25, 0.3) is 16.6 Å². The fourth-order valence-electron chi connectivity index (χ4n) is 2.36. The van der Waals surface area contributed by atoms with Crippen LogP contribution in [0.5, 0.6) is 0 Å². The first-order valence-corrected chi connectivity index (χ1v) is 6.49.